The number of phenolic OH excluding ortho intramolecular Hbond substituents is 1. The number of methoxy groups -OCH3 is 2. The van der Waals surface area contributed by atoms with Gasteiger partial charge in [-0.2, -0.15) is 21.6 Å². The van der Waals surface area contributed by atoms with E-state index in [9.17, 15) is 31.5 Å². The molecule has 0 aliphatic rings. The summed E-state index contributed by atoms with van der Waals surface area (Å²) in [6.45, 7) is 0. The summed E-state index contributed by atoms with van der Waals surface area (Å²) in [5.41, 5.74) is -6.59. The van der Waals surface area contributed by atoms with Gasteiger partial charge in [0.2, 0.25) is 0 Å². The van der Waals surface area contributed by atoms with E-state index in [-0.39, 0.29) is 5.75 Å². The topological polar surface area (TPSA) is 99.1 Å². The molecule has 0 amide bonds. The minimum Gasteiger partial charge on any atom is -0.507 e. The average molecular weight is 330 g/mol. The number of benzene rings is 1. The Kier molecular flexibility index (Phi) is 4.56. The minimum atomic E-state index is -6.03. The van der Waals surface area contributed by atoms with Gasteiger partial charge in [0, 0.05) is 12.1 Å². The van der Waals surface area contributed by atoms with E-state index in [1.54, 1.807) is 0 Å². The van der Waals surface area contributed by atoms with Crippen molar-refractivity contribution >= 4 is 16.1 Å². The first-order chi connectivity index (χ1) is 9.53. The Labute approximate surface area is 117 Å². The molecule has 0 heterocycles. The molecule has 118 valence electrons. The van der Waals surface area contributed by atoms with Gasteiger partial charge in [-0.15, -0.1) is 0 Å². The van der Waals surface area contributed by atoms with Crippen LogP contribution in [-0.4, -0.2) is 39.2 Å². The lowest BCUT2D eigenvalue weighted by molar-refractivity contribution is -0.0500. The third kappa shape index (κ3) is 3.48. The van der Waals surface area contributed by atoms with Crippen LogP contribution in [0.2, 0.25) is 0 Å². The van der Waals surface area contributed by atoms with E-state index < -0.39 is 38.7 Å². The highest BCUT2D eigenvalue weighted by Gasteiger charge is 2.49. The molecule has 0 aliphatic carbocycles. The predicted molar refractivity (Wildman–Crippen MR) is 61.6 cm³/mol. The second-order valence-corrected chi connectivity index (χ2v) is 5.03. The molecule has 21 heavy (non-hydrogen) atoms. The zero-order valence-corrected chi connectivity index (χ0v) is 11.4. The third-order valence-corrected chi connectivity index (χ3v) is 3.13. The fraction of sp³-hybridized carbons (Fsp3) is 0.300. The third-order valence-electron chi connectivity index (χ3n) is 2.16. The Balaban J connectivity index is 3.46. The second kappa shape index (κ2) is 5.68. The molecule has 0 aromatic heterocycles. The van der Waals surface area contributed by atoms with Crippen LogP contribution in [0.15, 0.2) is 12.1 Å². The van der Waals surface area contributed by atoms with Crippen LogP contribution in [0.25, 0.3) is 0 Å². The second-order valence-electron chi connectivity index (χ2n) is 3.49. The Hall–Kier alpha value is -2.17. The first-order valence-electron chi connectivity index (χ1n) is 5.03. The van der Waals surface area contributed by atoms with Crippen LogP contribution in [0.4, 0.5) is 13.2 Å². The molecule has 0 bridgehead atoms. The van der Waals surface area contributed by atoms with Crippen LogP contribution in [0.1, 0.15) is 10.4 Å². The van der Waals surface area contributed by atoms with Crippen molar-refractivity contribution in [2.45, 2.75) is 5.51 Å². The maximum Gasteiger partial charge on any atom is 0.534 e. The van der Waals surface area contributed by atoms with E-state index in [1.807, 2.05) is 0 Å². The molecule has 0 saturated carbocycles. The largest absolute Gasteiger partial charge is 0.534 e. The molecular formula is C10H9F3O7S. The van der Waals surface area contributed by atoms with Crippen molar-refractivity contribution in [3.8, 4) is 17.2 Å². The zero-order valence-electron chi connectivity index (χ0n) is 10.6. The fourth-order valence-corrected chi connectivity index (χ4v) is 1.69. The molecule has 1 N–H and O–H groups in total. The lowest BCUT2D eigenvalue weighted by Gasteiger charge is -2.14. The molecule has 1 rings (SSSR count). The van der Waals surface area contributed by atoms with Gasteiger partial charge in [0.1, 0.15) is 17.1 Å². The van der Waals surface area contributed by atoms with Gasteiger partial charge in [0.05, 0.1) is 14.2 Å². The van der Waals surface area contributed by atoms with Gasteiger partial charge in [-0.05, 0) is 0 Å². The maximum atomic E-state index is 12.3. The SMILES string of the molecule is COC(=O)c1c(O)cc(OC)cc1OS(=O)(=O)C(F)(F)F. The lowest BCUT2D eigenvalue weighted by atomic mass is 10.1. The fourth-order valence-electron chi connectivity index (χ4n) is 1.23. The van der Waals surface area contributed by atoms with Gasteiger partial charge < -0.3 is 18.8 Å². The molecule has 0 radical (unpaired) electrons. The molecule has 0 aliphatic heterocycles. The van der Waals surface area contributed by atoms with Gasteiger partial charge in [-0.25, -0.2) is 4.79 Å². The smallest absolute Gasteiger partial charge is 0.507 e. The Morgan fingerprint density at radius 1 is 1.24 bits per heavy atom. The number of rotatable bonds is 4. The van der Waals surface area contributed by atoms with Gasteiger partial charge in [-0.3, -0.25) is 0 Å². The average Bonchev–Trinajstić information content (AvgIpc) is 2.35. The van der Waals surface area contributed by atoms with E-state index in [0.717, 1.165) is 20.3 Å². The van der Waals surface area contributed by atoms with E-state index in [4.69, 9.17) is 0 Å². The summed E-state index contributed by atoms with van der Waals surface area (Å²) < 4.78 is 71.6. The number of aromatic hydroxyl groups is 1. The first kappa shape index (κ1) is 16.9. The van der Waals surface area contributed by atoms with Gasteiger partial charge in [0.15, 0.2) is 5.75 Å². The van der Waals surface area contributed by atoms with Crippen LogP contribution in [0.5, 0.6) is 17.2 Å². The maximum absolute atomic E-state index is 12.3. The van der Waals surface area contributed by atoms with Gasteiger partial charge in [-0.1, -0.05) is 0 Å². The summed E-state index contributed by atoms with van der Waals surface area (Å²) in [7, 11) is -4.04. The normalized spacial score (nSPS) is 11.9. The number of carbonyl (C=O) groups is 1. The predicted octanol–water partition coefficient (Wildman–Crippen LogP) is 1.42. The van der Waals surface area contributed by atoms with Crippen LogP contribution < -0.4 is 8.92 Å². The van der Waals surface area contributed by atoms with Gasteiger partial charge >= 0.3 is 21.6 Å². The van der Waals surface area contributed by atoms with Crippen molar-refractivity contribution in [3.63, 3.8) is 0 Å². The Morgan fingerprint density at radius 2 is 1.81 bits per heavy atom. The number of hydrogen-bond donors (Lipinski definition) is 1. The molecule has 1 aromatic rings. The number of carbonyl (C=O) groups excluding carboxylic acids is 1. The number of halogens is 3. The van der Waals surface area contributed by atoms with Crippen molar-refractivity contribution in [3.05, 3.63) is 17.7 Å². The molecule has 1 aromatic carbocycles. The summed E-state index contributed by atoms with van der Waals surface area (Å²) in [4.78, 5) is 11.4. The van der Waals surface area contributed by atoms with Crippen molar-refractivity contribution in [2.24, 2.45) is 0 Å². The van der Waals surface area contributed by atoms with Crippen LogP contribution >= 0.6 is 0 Å². The first-order valence-corrected chi connectivity index (χ1v) is 6.44. The highest BCUT2D eigenvalue weighted by molar-refractivity contribution is 7.88. The van der Waals surface area contributed by atoms with Gasteiger partial charge in [0.25, 0.3) is 0 Å². The molecule has 7 nitrogen and oxygen atoms in total. The lowest BCUT2D eigenvalue weighted by Crippen LogP contribution is -2.28. The molecule has 0 atom stereocenters. The van der Waals surface area contributed by atoms with E-state index in [1.165, 1.54) is 0 Å². The molecular weight excluding hydrogens is 321 g/mol. The summed E-state index contributed by atoms with van der Waals surface area (Å²) >= 11 is 0. The monoisotopic (exact) mass is 330 g/mol. The van der Waals surface area contributed by atoms with Crippen LogP contribution in [0.3, 0.4) is 0 Å². The van der Waals surface area contributed by atoms with Crippen molar-refractivity contribution < 1.29 is 45.1 Å². The van der Waals surface area contributed by atoms with Crippen LogP contribution in [0, 0.1) is 0 Å². The summed E-state index contributed by atoms with van der Waals surface area (Å²) in [6.07, 6.45) is 0. The Bertz CT molecular complexity index is 651. The Morgan fingerprint density at radius 3 is 2.24 bits per heavy atom. The highest BCUT2D eigenvalue weighted by Crippen LogP contribution is 2.36. The zero-order chi connectivity index (χ0) is 16.4. The van der Waals surface area contributed by atoms with Crippen molar-refractivity contribution in [1.29, 1.82) is 0 Å². The van der Waals surface area contributed by atoms with Crippen molar-refractivity contribution in [2.75, 3.05) is 14.2 Å². The summed E-state index contributed by atoms with van der Waals surface area (Å²) in [6, 6.07) is 1.56. The number of ether oxygens (including phenoxy) is 2. The quantitative estimate of drug-likeness (QED) is 0.506. The number of esters is 1. The summed E-state index contributed by atoms with van der Waals surface area (Å²) in [5.74, 6) is -3.46. The number of phenols is 1. The number of hydrogen-bond acceptors (Lipinski definition) is 7. The summed E-state index contributed by atoms with van der Waals surface area (Å²) in [5, 5.41) is 9.57. The molecule has 0 fully saturated rings. The molecule has 11 heteroatoms. The standard InChI is InChI=1S/C10H9F3O7S/c1-18-5-3-6(14)8(9(15)19-2)7(4-5)20-21(16,17)10(11,12)13/h3-4,14H,1-2H3. The van der Waals surface area contributed by atoms with Crippen molar-refractivity contribution in [1.82, 2.24) is 0 Å². The van der Waals surface area contributed by atoms with Crippen LogP contribution in [-0.2, 0) is 14.9 Å². The molecule has 0 spiro atoms. The molecule has 0 saturated heterocycles. The number of alkyl halides is 3. The van der Waals surface area contributed by atoms with E-state index in [0.29, 0.717) is 6.07 Å². The minimum absolute atomic E-state index is 0.229. The van der Waals surface area contributed by atoms with E-state index in [2.05, 4.69) is 13.7 Å². The molecule has 0 unspecified atom stereocenters. The van der Waals surface area contributed by atoms with E-state index >= 15 is 0 Å². The highest BCUT2D eigenvalue weighted by atomic mass is 32.2.